The second-order valence-electron chi connectivity index (χ2n) is 8.69. The maximum Gasteiger partial charge on any atom is 0.508 e. The van der Waals surface area contributed by atoms with Crippen molar-refractivity contribution in [3.05, 3.63) is 0 Å². The molecule has 4 rings (SSSR count). The highest BCUT2D eigenvalue weighted by Gasteiger charge is 2.61. The summed E-state index contributed by atoms with van der Waals surface area (Å²) in [4.78, 5) is 23.8. The van der Waals surface area contributed by atoms with Crippen molar-refractivity contribution in [1.29, 1.82) is 0 Å². The first kappa shape index (κ1) is 19.8. The smallest absolute Gasteiger partial charge is 0.433 e. The van der Waals surface area contributed by atoms with E-state index in [-0.39, 0.29) is 13.2 Å². The molecule has 0 aromatic rings. The summed E-state index contributed by atoms with van der Waals surface area (Å²) >= 11 is 0. The molecule has 28 heavy (non-hydrogen) atoms. The van der Waals surface area contributed by atoms with Gasteiger partial charge in [-0.3, -0.25) is 4.79 Å². The van der Waals surface area contributed by atoms with E-state index in [1.807, 2.05) is 13.8 Å². The number of esters is 1. The van der Waals surface area contributed by atoms with Gasteiger partial charge in [0.2, 0.25) is 6.29 Å². The van der Waals surface area contributed by atoms with Gasteiger partial charge in [0.15, 0.2) is 17.7 Å². The fraction of sp³-hybridized carbons (Fsp3) is 0.889. The van der Waals surface area contributed by atoms with Crippen LogP contribution in [0.15, 0.2) is 0 Å². The Balaban J connectivity index is 1.48. The van der Waals surface area contributed by atoms with E-state index in [2.05, 4.69) is 0 Å². The number of fused-ring (bicyclic) bond motifs is 1. The van der Waals surface area contributed by atoms with E-state index in [4.69, 9.17) is 37.9 Å². The Kier molecular flexibility index (Phi) is 4.63. The Morgan fingerprint density at radius 2 is 1.57 bits per heavy atom. The summed E-state index contributed by atoms with van der Waals surface area (Å²) < 4.78 is 44.7. The van der Waals surface area contributed by atoms with Crippen molar-refractivity contribution in [2.45, 2.75) is 76.9 Å². The van der Waals surface area contributed by atoms with Crippen molar-refractivity contribution < 1.29 is 47.5 Å². The third-order valence-corrected chi connectivity index (χ3v) is 5.18. The largest absolute Gasteiger partial charge is 0.508 e. The quantitative estimate of drug-likeness (QED) is 0.637. The molecular formula is C18H26O10. The molecule has 4 aliphatic heterocycles. The predicted molar refractivity (Wildman–Crippen MR) is 88.9 cm³/mol. The summed E-state index contributed by atoms with van der Waals surface area (Å²) in [6.07, 6.45) is -3.82. The van der Waals surface area contributed by atoms with Crippen LogP contribution >= 0.6 is 0 Å². The van der Waals surface area contributed by atoms with Gasteiger partial charge in [0, 0.05) is 0 Å². The Morgan fingerprint density at radius 1 is 0.929 bits per heavy atom. The van der Waals surface area contributed by atoms with Gasteiger partial charge in [0.05, 0.1) is 6.61 Å². The number of rotatable bonds is 3. The molecule has 0 radical (unpaired) electrons. The number of carbonyl (C=O) groups is 2. The van der Waals surface area contributed by atoms with Gasteiger partial charge in [-0.2, -0.15) is 0 Å². The molecule has 0 spiro atoms. The van der Waals surface area contributed by atoms with Gasteiger partial charge >= 0.3 is 12.1 Å². The first-order valence-electron chi connectivity index (χ1n) is 9.32. The maximum absolute atomic E-state index is 12.7. The number of ether oxygens (including phenoxy) is 8. The van der Waals surface area contributed by atoms with E-state index in [0.29, 0.717) is 6.61 Å². The monoisotopic (exact) mass is 402 g/mol. The Bertz CT molecular complexity index is 649. The Hall–Kier alpha value is -1.46. The van der Waals surface area contributed by atoms with Gasteiger partial charge in [-0.25, -0.2) is 4.79 Å². The Morgan fingerprint density at radius 3 is 2.18 bits per heavy atom. The van der Waals surface area contributed by atoms with Crippen molar-refractivity contribution in [2.24, 2.45) is 5.41 Å². The van der Waals surface area contributed by atoms with Crippen LogP contribution in [-0.2, 0) is 42.7 Å². The van der Waals surface area contributed by atoms with E-state index in [9.17, 15) is 9.59 Å². The number of hydrogen-bond donors (Lipinski definition) is 0. The Labute approximate surface area is 162 Å². The fourth-order valence-electron chi connectivity index (χ4n) is 3.75. The minimum absolute atomic E-state index is 0.133. The van der Waals surface area contributed by atoms with Gasteiger partial charge < -0.3 is 37.9 Å². The highest BCUT2D eigenvalue weighted by molar-refractivity contribution is 5.78. The van der Waals surface area contributed by atoms with Crippen molar-refractivity contribution in [3.63, 3.8) is 0 Å². The lowest BCUT2D eigenvalue weighted by Crippen LogP contribution is -2.46. The first-order chi connectivity index (χ1) is 13.0. The summed E-state index contributed by atoms with van der Waals surface area (Å²) in [6, 6.07) is 0. The molecule has 0 amide bonds. The van der Waals surface area contributed by atoms with Gasteiger partial charge in [-0.15, -0.1) is 0 Å². The van der Waals surface area contributed by atoms with E-state index in [1.54, 1.807) is 20.8 Å². The summed E-state index contributed by atoms with van der Waals surface area (Å²) in [5, 5.41) is 0. The summed E-state index contributed by atoms with van der Waals surface area (Å²) in [6.45, 7) is 8.86. The minimum Gasteiger partial charge on any atom is -0.433 e. The second kappa shape index (κ2) is 6.53. The zero-order chi connectivity index (χ0) is 20.3. The number of carbonyl (C=O) groups excluding carboxylic acids is 2. The molecule has 4 fully saturated rings. The standard InChI is InChI=1S/C18H26O10/c1-16(2)23-6-9(26-16)10-11-12(28-17(3,4)27-11)13(24-10)25-14(19)18(5)7-21-15(20)22-8-18/h9-13H,6-8H2,1-5H3/t9-,10+,11-,12-,13?/m0/s1. The second-order valence-corrected chi connectivity index (χ2v) is 8.69. The minimum atomic E-state index is -1.13. The molecule has 5 atom stereocenters. The molecule has 0 aromatic carbocycles. The summed E-state index contributed by atoms with van der Waals surface area (Å²) in [5.41, 5.74) is -1.13. The van der Waals surface area contributed by atoms with E-state index in [0.717, 1.165) is 0 Å². The lowest BCUT2D eigenvalue weighted by Gasteiger charge is -2.32. The third kappa shape index (κ3) is 3.59. The third-order valence-electron chi connectivity index (χ3n) is 5.18. The van der Waals surface area contributed by atoms with Gasteiger partial charge in [0.1, 0.15) is 36.9 Å². The summed E-state index contributed by atoms with van der Waals surface area (Å²) in [5.74, 6) is -2.20. The molecule has 1 unspecified atom stereocenters. The zero-order valence-electron chi connectivity index (χ0n) is 16.6. The van der Waals surface area contributed by atoms with Crippen LogP contribution in [0.5, 0.6) is 0 Å². The van der Waals surface area contributed by atoms with Crippen LogP contribution in [0.25, 0.3) is 0 Å². The predicted octanol–water partition coefficient (Wildman–Crippen LogP) is 1.10. The van der Waals surface area contributed by atoms with Crippen LogP contribution in [-0.4, -0.2) is 74.2 Å². The van der Waals surface area contributed by atoms with E-state index >= 15 is 0 Å². The number of hydrogen-bond acceptors (Lipinski definition) is 10. The van der Waals surface area contributed by atoms with Crippen LogP contribution in [0.4, 0.5) is 4.79 Å². The average Bonchev–Trinajstić information content (AvgIpc) is 3.21. The SMILES string of the molecule is CC1(C)OC[C@@H]([C@H]2OC(OC(=O)C3(C)COC(=O)OC3)[C@H]3OC(C)(C)O[C@@H]23)O1. The first-order valence-corrected chi connectivity index (χ1v) is 9.32. The molecule has 10 nitrogen and oxygen atoms in total. The molecule has 0 bridgehead atoms. The van der Waals surface area contributed by atoms with E-state index < -0.39 is 59.8 Å². The molecule has 0 aromatic heterocycles. The van der Waals surface area contributed by atoms with Gasteiger partial charge in [-0.05, 0) is 34.6 Å². The molecular weight excluding hydrogens is 376 g/mol. The molecule has 0 saturated carbocycles. The van der Waals surface area contributed by atoms with Crippen molar-refractivity contribution in [2.75, 3.05) is 19.8 Å². The van der Waals surface area contributed by atoms with Crippen LogP contribution in [0, 0.1) is 5.41 Å². The van der Waals surface area contributed by atoms with Crippen LogP contribution in [0.3, 0.4) is 0 Å². The molecule has 4 saturated heterocycles. The highest BCUT2D eigenvalue weighted by Crippen LogP contribution is 2.43. The van der Waals surface area contributed by atoms with Crippen molar-refractivity contribution in [3.8, 4) is 0 Å². The number of cyclic esters (lactones) is 2. The molecule has 4 heterocycles. The van der Waals surface area contributed by atoms with Gasteiger partial charge in [-0.1, -0.05) is 0 Å². The van der Waals surface area contributed by atoms with Crippen LogP contribution < -0.4 is 0 Å². The van der Waals surface area contributed by atoms with E-state index in [1.165, 1.54) is 0 Å². The normalized spacial score (nSPS) is 40.5. The van der Waals surface area contributed by atoms with Crippen LogP contribution in [0.2, 0.25) is 0 Å². The van der Waals surface area contributed by atoms with Crippen molar-refractivity contribution >= 4 is 12.1 Å². The lowest BCUT2D eigenvalue weighted by atomic mass is 9.92. The molecule has 10 heteroatoms. The molecule has 4 aliphatic rings. The molecule has 158 valence electrons. The molecule has 0 aliphatic carbocycles. The zero-order valence-corrected chi connectivity index (χ0v) is 16.6. The topological polar surface area (TPSA) is 108 Å². The lowest BCUT2D eigenvalue weighted by molar-refractivity contribution is -0.249. The molecule has 0 N–H and O–H groups in total. The fourth-order valence-corrected chi connectivity index (χ4v) is 3.75. The van der Waals surface area contributed by atoms with Crippen LogP contribution in [0.1, 0.15) is 34.6 Å². The van der Waals surface area contributed by atoms with Crippen molar-refractivity contribution in [1.82, 2.24) is 0 Å². The highest BCUT2D eigenvalue weighted by atomic mass is 16.8. The average molecular weight is 402 g/mol. The van der Waals surface area contributed by atoms with Gasteiger partial charge in [0.25, 0.3) is 0 Å². The maximum atomic E-state index is 12.7. The summed E-state index contributed by atoms with van der Waals surface area (Å²) in [7, 11) is 0.